The van der Waals surface area contributed by atoms with Gasteiger partial charge in [0.1, 0.15) is 6.10 Å². The predicted molar refractivity (Wildman–Crippen MR) is 111 cm³/mol. The zero-order chi connectivity index (χ0) is 20.6. The van der Waals surface area contributed by atoms with Crippen LogP contribution in [-0.4, -0.2) is 45.7 Å². The molecule has 0 aliphatic carbocycles. The predicted octanol–water partition coefficient (Wildman–Crippen LogP) is 3.87. The smallest absolute Gasteiger partial charge is 0.306 e. The van der Waals surface area contributed by atoms with Gasteiger partial charge in [0.25, 0.3) is 0 Å². The lowest BCUT2D eigenvalue weighted by atomic mass is 9.99. The number of unbranched alkanes of at least 4 members (excludes halogenated alkanes) is 8. The van der Waals surface area contributed by atoms with Crippen molar-refractivity contribution in [3.8, 4) is 11.8 Å². The monoisotopic (exact) mass is 396 g/mol. The van der Waals surface area contributed by atoms with Crippen molar-refractivity contribution in [1.29, 1.82) is 0 Å². The Bertz CT molecular complexity index is 467. The first-order valence-electron chi connectivity index (χ1n) is 11.2. The third-order valence-corrected chi connectivity index (χ3v) is 5.39. The Labute approximate surface area is 170 Å². The van der Waals surface area contributed by atoms with Crippen LogP contribution in [0, 0.1) is 11.8 Å². The highest BCUT2D eigenvalue weighted by Crippen LogP contribution is 2.21. The second-order valence-corrected chi connectivity index (χ2v) is 7.96. The van der Waals surface area contributed by atoms with Gasteiger partial charge in [-0.05, 0) is 32.1 Å². The number of ether oxygens (including phenoxy) is 1. The molecule has 3 N–H and O–H groups in total. The molecule has 5 heteroatoms. The zero-order valence-corrected chi connectivity index (χ0v) is 17.6. The van der Waals surface area contributed by atoms with E-state index in [0.717, 1.165) is 12.8 Å². The highest BCUT2D eigenvalue weighted by Gasteiger charge is 2.30. The molecule has 1 aliphatic heterocycles. The van der Waals surface area contributed by atoms with E-state index < -0.39 is 24.4 Å². The van der Waals surface area contributed by atoms with Gasteiger partial charge in [0.15, 0.2) is 0 Å². The van der Waals surface area contributed by atoms with Crippen LogP contribution >= 0.6 is 0 Å². The first kappa shape index (κ1) is 24.9. The summed E-state index contributed by atoms with van der Waals surface area (Å²) in [5, 5.41) is 30.0. The highest BCUT2D eigenvalue weighted by atomic mass is 16.6. The summed E-state index contributed by atoms with van der Waals surface area (Å²) in [7, 11) is 0. The molecule has 4 atom stereocenters. The van der Waals surface area contributed by atoms with Crippen LogP contribution in [-0.2, 0) is 9.53 Å². The van der Waals surface area contributed by atoms with E-state index in [9.17, 15) is 20.1 Å². The molecular weight excluding hydrogens is 356 g/mol. The number of esters is 1. The maximum atomic E-state index is 11.1. The summed E-state index contributed by atoms with van der Waals surface area (Å²) in [6.07, 6.45) is 10.7. The Morgan fingerprint density at radius 3 is 2.14 bits per heavy atom. The molecule has 1 rings (SSSR count). The molecule has 0 saturated carbocycles. The maximum absolute atomic E-state index is 11.1. The lowest BCUT2D eigenvalue weighted by molar-refractivity contribution is -0.145. The number of aliphatic hydroxyl groups is 3. The van der Waals surface area contributed by atoms with E-state index in [1.807, 2.05) is 0 Å². The summed E-state index contributed by atoms with van der Waals surface area (Å²) in [6, 6.07) is 0. The fourth-order valence-corrected chi connectivity index (χ4v) is 3.47. The normalized spacial score (nSPS) is 19.6. The van der Waals surface area contributed by atoms with Gasteiger partial charge in [-0.15, -0.1) is 11.8 Å². The molecule has 28 heavy (non-hydrogen) atoms. The summed E-state index contributed by atoms with van der Waals surface area (Å²) in [5.41, 5.74) is 0. The minimum absolute atomic E-state index is 0.280. The lowest BCUT2D eigenvalue weighted by Gasteiger charge is -2.21. The van der Waals surface area contributed by atoms with E-state index in [4.69, 9.17) is 4.74 Å². The van der Waals surface area contributed by atoms with Crippen LogP contribution in [0.15, 0.2) is 0 Å². The quantitative estimate of drug-likeness (QED) is 0.222. The van der Waals surface area contributed by atoms with Crippen molar-refractivity contribution in [3.05, 3.63) is 0 Å². The molecule has 0 spiro atoms. The van der Waals surface area contributed by atoms with E-state index in [2.05, 4.69) is 18.8 Å². The summed E-state index contributed by atoms with van der Waals surface area (Å²) in [5.74, 6) is 5.95. The highest BCUT2D eigenvalue weighted by molar-refractivity contribution is 5.71. The number of carbonyl (C=O) groups excluding carboxylic acids is 1. The molecule has 162 valence electrons. The van der Waals surface area contributed by atoms with Crippen LogP contribution in [0.4, 0.5) is 0 Å². The Morgan fingerprint density at radius 2 is 1.50 bits per heavy atom. The van der Waals surface area contributed by atoms with Gasteiger partial charge in [0, 0.05) is 19.3 Å². The first-order chi connectivity index (χ1) is 13.5. The molecule has 1 aliphatic rings. The Balaban J connectivity index is 1.99. The van der Waals surface area contributed by atoms with Crippen molar-refractivity contribution < 1.29 is 24.9 Å². The molecule has 0 bridgehead atoms. The van der Waals surface area contributed by atoms with Gasteiger partial charge in [-0.3, -0.25) is 4.79 Å². The van der Waals surface area contributed by atoms with E-state index in [-0.39, 0.29) is 12.4 Å². The average Bonchev–Trinajstić information content (AvgIpc) is 3.13. The van der Waals surface area contributed by atoms with E-state index >= 15 is 0 Å². The molecule has 1 saturated heterocycles. The third-order valence-electron chi connectivity index (χ3n) is 5.39. The van der Waals surface area contributed by atoms with Crippen LogP contribution in [0.2, 0.25) is 0 Å². The van der Waals surface area contributed by atoms with Gasteiger partial charge in [-0.2, -0.15) is 0 Å². The van der Waals surface area contributed by atoms with E-state index in [1.165, 1.54) is 44.9 Å². The SMILES string of the molecule is CCCCCCCCCCC#CCC[C@@H](O)[C@H](O)CC[C@@H](O)[C@H]1CCC(=O)O1. The molecule has 5 nitrogen and oxygen atoms in total. The standard InChI is InChI=1S/C23H40O5/c1-2-3-4-5-6-7-8-9-10-11-12-13-14-19(24)20(25)15-16-21(26)22-17-18-23(27)28-22/h19-22,24-26H,2-10,13-18H2,1H3/t19-,20-,21-,22-/m1/s1. The van der Waals surface area contributed by atoms with Gasteiger partial charge < -0.3 is 20.1 Å². The number of hydrogen-bond acceptors (Lipinski definition) is 5. The lowest BCUT2D eigenvalue weighted by Crippen LogP contribution is -2.30. The number of rotatable bonds is 15. The van der Waals surface area contributed by atoms with Crippen LogP contribution in [0.1, 0.15) is 103 Å². The van der Waals surface area contributed by atoms with Crippen molar-refractivity contribution >= 4 is 5.97 Å². The number of aliphatic hydroxyl groups excluding tert-OH is 3. The summed E-state index contributed by atoms with van der Waals surface area (Å²) < 4.78 is 5.01. The van der Waals surface area contributed by atoms with Crippen molar-refractivity contribution in [2.24, 2.45) is 0 Å². The van der Waals surface area contributed by atoms with Crippen molar-refractivity contribution in [2.75, 3.05) is 0 Å². The fraction of sp³-hybridized carbons (Fsp3) is 0.870. The topological polar surface area (TPSA) is 87.0 Å². The summed E-state index contributed by atoms with van der Waals surface area (Å²) in [4.78, 5) is 11.1. The van der Waals surface area contributed by atoms with Gasteiger partial charge in [-0.25, -0.2) is 0 Å². The molecule has 0 amide bonds. The number of hydrogen-bond donors (Lipinski definition) is 3. The zero-order valence-electron chi connectivity index (χ0n) is 17.6. The van der Waals surface area contributed by atoms with Crippen LogP contribution in [0.5, 0.6) is 0 Å². The maximum Gasteiger partial charge on any atom is 0.306 e. The molecule has 0 aromatic heterocycles. The number of carbonyl (C=O) groups is 1. The van der Waals surface area contributed by atoms with Crippen molar-refractivity contribution in [2.45, 2.75) is 128 Å². The van der Waals surface area contributed by atoms with Gasteiger partial charge >= 0.3 is 5.97 Å². The number of cyclic esters (lactones) is 1. The van der Waals surface area contributed by atoms with Gasteiger partial charge in [0.05, 0.1) is 18.3 Å². The third kappa shape index (κ3) is 11.7. The molecule has 0 radical (unpaired) electrons. The molecular formula is C23H40O5. The first-order valence-corrected chi connectivity index (χ1v) is 11.2. The van der Waals surface area contributed by atoms with Gasteiger partial charge in [-0.1, -0.05) is 51.9 Å². The molecule has 0 unspecified atom stereocenters. The second kappa shape index (κ2) is 15.8. The fourth-order valence-electron chi connectivity index (χ4n) is 3.47. The van der Waals surface area contributed by atoms with E-state index in [1.54, 1.807) is 0 Å². The summed E-state index contributed by atoms with van der Waals surface area (Å²) in [6.45, 7) is 2.24. The molecule has 1 fully saturated rings. The average molecular weight is 397 g/mol. The van der Waals surface area contributed by atoms with Crippen molar-refractivity contribution in [1.82, 2.24) is 0 Å². The second-order valence-electron chi connectivity index (χ2n) is 7.96. The largest absolute Gasteiger partial charge is 0.460 e. The van der Waals surface area contributed by atoms with Crippen LogP contribution < -0.4 is 0 Å². The molecule has 0 aromatic carbocycles. The van der Waals surface area contributed by atoms with Crippen LogP contribution in [0.3, 0.4) is 0 Å². The Hall–Kier alpha value is -1.09. The minimum atomic E-state index is -0.888. The van der Waals surface area contributed by atoms with Gasteiger partial charge in [0.2, 0.25) is 0 Å². The molecule has 0 aromatic rings. The molecule has 1 heterocycles. The summed E-state index contributed by atoms with van der Waals surface area (Å²) >= 11 is 0. The van der Waals surface area contributed by atoms with E-state index in [0.29, 0.717) is 32.1 Å². The Morgan fingerprint density at radius 1 is 0.893 bits per heavy atom. The Kier molecular flexibility index (Phi) is 14.1. The minimum Gasteiger partial charge on any atom is -0.460 e. The van der Waals surface area contributed by atoms with Crippen molar-refractivity contribution in [3.63, 3.8) is 0 Å². The van der Waals surface area contributed by atoms with Crippen LogP contribution in [0.25, 0.3) is 0 Å².